The summed E-state index contributed by atoms with van der Waals surface area (Å²) in [7, 11) is -3.93. The van der Waals surface area contributed by atoms with Crippen molar-refractivity contribution in [3.8, 4) is 11.1 Å². The van der Waals surface area contributed by atoms with Gasteiger partial charge in [0.25, 0.3) is 10.0 Å². The van der Waals surface area contributed by atoms with Gasteiger partial charge < -0.3 is 5.11 Å². The molecule has 0 bridgehead atoms. The van der Waals surface area contributed by atoms with Crippen LogP contribution in [0.25, 0.3) is 11.1 Å². The Bertz CT molecular complexity index is 1110. The summed E-state index contributed by atoms with van der Waals surface area (Å²) in [5, 5.41) is 9.34. The zero-order chi connectivity index (χ0) is 21.0. The van der Waals surface area contributed by atoms with Gasteiger partial charge in [-0.15, -0.1) is 0 Å². The van der Waals surface area contributed by atoms with Crippen molar-refractivity contribution in [2.75, 3.05) is 9.46 Å². The van der Waals surface area contributed by atoms with Gasteiger partial charge in [-0.1, -0.05) is 55.5 Å². The molecular formula is C22H21NO4S2. The molecule has 0 radical (unpaired) electrons. The van der Waals surface area contributed by atoms with Gasteiger partial charge >= 0.3 is 5.97 Å². The van der Waals surface area contributed by atoms with Gasteiger partial charge in [0.2, 0.25) is 0 Å². The smallest absolute Gasteiger partial charge is 0.335 e. The van der Waals surface area contributed by atoms with Crippen molar-refractivity contribution < 1.29 is 18.3 Å². The fourth-order valence-corrected chi connectivity index (χ4v) is 5.63. The van der Waals surface area contributed by atoms with Crippen LogP contribution < -0.4 is 3.71 Å². The second-order valence-corrected chi connectivity index (χ2v) is 9.56. The van der Waals surface area contributed by atoms with E-state index in [4.69, 9.17) is 0 Å². The van der Waals surface area contributed by atoms with Crippen LogP contribution >= 0.6 is 11.9 Å². The molecule has 0 aliphatic heterocycles. The van der Waals surface area contributed by atoms with E-state index in [1.54, 1.807) is 19.1 Å². The molecular weight excluding hydrogens is 406 g/mol. The number of hydrogen-bond donors (Lipinski definition) is 1. The maximum atomic E-state index is 13.3. The largest absolute Gasteiger partial charge is 0.478 e. The fraction of sp³-hybridized carbons (Fsp3) is 0.136. The lowest BCUT2D eigenvalue weighted by Gasteiger charge is -2.23. The van der Waals surface area contributed by atoms with Gasteiger partial charge in [-0.25, -0.2) is 16.9 Å². The van der Waals surface area contributed by atoms with Crippen LogP contribution in [-0.2, 0) is 10.0 Å². The van der Waals surface area contributed by atoms with Gasteiger partial charge in [0.05, 0.1) is 16.1 Å². The fourth-order valence-electron chi connectivity index (χ4n) is 2.89. The number of carboxylic acid groups (broad SMARTS) is 1. The summed E-state index contributed by atoms with van der Waals surface area (Å²) < 4.78 is 27.8. The van der Waals surface area contributed by atoms with E-state index in [1.165, 1.54) is 21.9 Å². The number of carboxylic acids is 1. The molecule has 0 atom stereocenters. The van der Waals surface area contributed by atoms with Gasteiger partial charge in [-0.05, 0) is 59.8 Å². The predicted octanol–water partition coefficient (Wildman–Crippen LogP) is 5.22. The maximum Gasteiger partial charge on any atom is 0.335 e. The summed E-state index contributed by atoms with van der Waals surface area (Å²) in [6.45, 7) is 3.50. The molecule has 0 saturated carbocycles. The average Bonchev–Trinajstić information content (AvgIpc) is 2.72. The third-order valence-electron chi connectivity index (χ3n) is 4.39. The Morgan fingerprint density at radius 2 is 1.59 bits per heavy atom. The lowest BCUT2D eigenvalue weighted by atomic mass is 10.1. The van der Waals surface area contributed by atoms with Gasteiger partial charge in [0, 0.05) is 5.75 Å². The standard InChI is InChI=1S/C22H21NO4S2/c1-3-28-23(19-12-10-18(11-13-19)17-7-5-4-6-8-17)29(26,27)20-14-9-16(2)21(15-20)22(24)25/h4-15H,3H2,1-2H3,(H,24,25). The van der Waals surface area contributed by atoms with Crippen LogP contribution in [-0.4, -0.2) is 25.2 Å². The van der Waals surface area contributed by atoms with Gasteiger partial charge in [-0.3, -0.25) is 0 Å². The summed E-state index contributed by atoms with van der Waals surface area (Å²) in [5.41, 5.74) is 3.03. The number of aromatic carboxylic acids is 1. The van der Waals surface area contributed by atoms with Crippen LogP contribution in [0.4, 0.5) is 5.69 Å². The first-order valence-electron chi connectivity index (χ1n) is 9.02. The van der Waals surface area contributed by atoms with E-state index >= 15 is 0 Å². The van der Waals surface area contributed by atoms with Crippen LogP contribution in [0.15, 0.2) is 77.7 Å². The van der Waals surface area contributed by atoms with E-state index < -0.39 is 16.0 Å². The molecule has 150 valence electrons. The lowest BCUT2D eigenvalue weighted by Crippen LogP contribution is -2.25. The molecule has 3 aromatic carbocycles. The number of rotatable bonds is 7. The SMILES string of the molecule is CCSN(c1ccc(-c2ccccc2)cc1)S(=O)(=O)c1ccc(C)c(C(=O)O)c1. The molecule has 1 N–H and O–H groups in total. The maximum absolute atomic E-state index is 13.3. The van der Waals surface area contributed by atoms with Crippen molar-refractivity contribution in [1.29, 1.82) is 0 Å². The zero-order valence-electron chi connectivity index (χ0n) is 16.1. The molecule has 0 fully saturated rings. The molecule has 0 aliphatic carbocycles. The number of nitrogens with zero attached hydrogens (tertiary/aromatic N) is 1. The number of carbonyl (C=O) groups is 1. The minimum Gasteiger partial charge on any atom is -0.478 e. The lowest BCUT2D eigenvalue weighted by molar-refractivity contribution is 0.0696. The summed E-state index contributed by atoms with van der Waals surface area (Å²) in [4.78, 5) is 11.4. The van der Waals surface area contributed by atoms with Crippen LogP contribution in [0.2, 0.25) is 0 Å². The first kappa shape index (κ1) is 21.0. The molecule has 0 amide bonds. The van der Waals surface area contributed by atoms with Crippen molar-refractivity contribution in [3.05, 3.63) is 83.9 Å². The Balaban J connectivity index is 2.01. The number of hydrogen-bond acceptors (Lipinski definition) is 4. The number of benzene rings is 3. The van der Waals surface area contributed by atoms with E-state index in [9.17, 15) is 18.3 Å². The van der Waals surface area contributed by atoms with E-state index in [2.05, 4.69) is 0 Å². The molecule has 0 spiro atoms. The summed E-state index contributed by atoms with van der Waals surface area (Å²) >= 11 is 1.15. The minimum atomic E-state index is -3.93. The van der Waals surface area contributed by atoms with Crippen LogP contribution in [0.1, 0.15) is 22.8 Å². The number of sulfonamides is 1. The van der Waals surface area contributed by atoms with Crippen molar-refractivity contribution in [1.82, 2.24) is 0 Å². The Labute approximate surface area is 175 Å². The van der Waals surface area contributed by atoms with E-state index in [0.29, 0.717) is 17.0 Å². The Morgan fingerprint density at radius 1 is 0.966 bits per heavy atom. The highest BCUT2D eigenvalue weighted by atomic mass is 32.3. The second kappa shape index (κ2) is 8.71. The van der Waals surface area contributed by atoms with E-state index in [0.717, 1.165) is 23.1 Å². The van der Waals surface area contributed by atoms with Crippen molar-refractivity contribution in [2.45, 2.75) is 18.7 Å². The third kappa shape index (κ3) is 4.46. The zero-order valence-corrected chi connectivity index (χ0v) is 17.7. The molecule has 0 heterocycles. The van der Waals surface area contributed by atoms with Gasteiger partial charge in [0.1, 0.15) is 0 Å². The number of aryl methyl sites for hydroxylation is 1. The third-order valence-corrected chi connectivity index (χ3v) is 7.49. The molecule has 3 rings (SSSR count). The van der Waals surface area contributed by atoms with Crippen molar-refractivity contribution >= 4 is 33.6 Å². The molecule has 7 heteroatoms. The van der Waals surface area contributed by atoms with Crippen molar-refractivity contribution in [2.24, 2.45) is 0 Å². The quantitative estimate of drug-likeness (QED) is 0.523. The summed E-state index contributed by atoms with van der Waals surface area (Å²) in [5.74, 6) is -0.612. The topological polar surface area (TPSA) is 74.7 Å². The van der Waals surface area contributed by atoms with Crippen LogP contribution in [0.3, 0.4) is 0 Å². The molecule has 0 aromatic heterocycles. The van der Waals surface area contributed by atoms with E-state index in [1.807, 2.05) is 49.4 Å². The highest BCUT2D eigenvalue weighted by molar-refractivity contribution is 8.14. The number of anilines is 1. The summed E-state index contributed by atoms with van der Waals surface area (Å²) in [6.07, 6.45) is 0. The normalized spacial score (nSPS) is 11.2. The Kier molecular flexibility index (Phi) is 6.30. The molecule has 0 saturated heterocycles. The van der Waals surface area contributed by atoms with Crippen molar-refractivity contribution in [3.63, 3.8) is 0 Å². The summed E-state index contributed by atoms with van der Waals surface area (Å²) in [6, 6.07) is 21.3. The monoisotopic (exact) mass is 427 g/mol. The first-order valence-corrected chi connectivity index (χ1v) is 11.4. The average molecular weight is 428 g/mol. The predicted molar refractivity (Wildman–Crippen MR) is 118 cm³/mol. The highest BCUT2D eigenvalue weighted by Gasteiger charge is 2.27. The molecule has 0 unspecified atom stereocenters. The van der Waals surface area contributed by atoms with Crippen LogP contribution in [0, 0.1) is 6.92 Å². The molecule has 0 aliphatic rings. The highest BCUT2D eigenvalue weighted by Crippen LogP contribution is 2.33. The molecule has 29 heavy (non-hydrogen) atoms. The Hall–Kier alpha value is -2.77. The Morgan fingerprint density at radius 3 is 2.17 bits per heavy atom. The molecule has 3 aromatic rings. The minimum absolute atomic E-state index is 0.0213. The van der Waals surface area contributed by atoms with Gasteiger partial charge in [-0.2, -0.15) is 0 Å². The van der Waals surface area contributed by atoms with Gasteiger partial charge in [0.15, 0.2) is 0 Å². The second-order valence-electron chi connectivity index (χ2n) is 6.34. The van der Waals surface area contributed by atoms with Crippen LogP contribution in [0.5, 0.6) is 0 Å². The molecule has 5 nitrogen and oxygen atoms in total. The van der Waals surface area contributed by atoms with E-state index in [-0.39, 0.29) is 10.5 Å². The first-order chi connectivity index (χ1) is 13.8.